The Labute approximate surface area is 114 Å². The molecule has 1 atom stereocenters. The number of aryl methyl sites for hydroxylation is 1. The molecule has 0 radical (unpaired) electrons. The van der Waals surface area contributed by atoms with E-state index in [0.29, 0.717) is 5.56 Å². The zero-order valence-corrected chi connectivity index (χ0v) is 11.8. The molecule has 18 heavy (non-hydrogen) atoms. The fourth-order valence-electron chi connectivity index (χ4n) is 2.05. The van der Waals surface area contributed by atoms with Crippen LogP contribution in [-0.4, -0.2) is 5.11 Å². The van der Waals surface area contributed by atoms with Crippen molar-refractivity contribution in [1.82, 2.24) is 0 Å². The van der Waals surface area contributed by atoms with Gasteiger partial charge in [-0.3, -0.25) is 0 Å². The number of benzene rings is 2. The van der Waals surface area contributed by atoms with Crippen molar-refractivity contribution in [2.75, 3.05) is 0 Å². The average molecular weight is 309 g/mol. The maximum Gasteiger partial charge on any atom is 0.123 e. The second kappa shape index (κ2) is 4.82. The highest BCUT2D eigenvalue weighted by Crippen LogP contribution is 2.32. The third kappa shape index (κ3) is 2.47. The van der Waals surface area contributed by atoms with Crippen LogP contribution in [-0.2, 0) is 5.60 Å². The summed E-state index contributed by atoms with van der Waals surface area (Å²) in [4.78, 5) is 0. The lowest BCUT2D eigenvalue weighted by molar-refractivity contribution is 0.101. The van der Waals surface area contributed by atoms with Crippen LogP contribution in [0.1, 0.15) is 23.6 Å². The molecule has 0 saturated carbocycles. The van der Waals surface area contributed by atoms with Crippen LogP contribution in [0.5, 0.6) is 0 Å². The number of halogens is 2. The Bertz CT molecular complexity index is 561. The van der Waals surface area contributed by atoms with Crippen LogP contribution >= 0.6 is 15.9 Å². The van der Waals surface area contributed by atoms with E-state index in [9.17, 15) is 9.50 Å². The summed E-state index contributed by atoms with van der Waals surface area (Å²) in [5, 5.41) is 10.7. The minimum absolute atomic E-state index is 0.340. The van der Waals surface area contributed by atoms with Gasteiger partial charge in [0.15, 0.2) is 0 Å². The molecule has 0 fully saturated rings. The zero-order chi connectivity index (χ0) is 13.3. The van der Waals surface area contributed by atoms with Crippen LogP contribution in [0.4, 0.5) is 4.39 Å². The van der Waals surface area contributed by atoms with Gasteiger partial charge in [-0.1, -0.05) is 34.1 Å². The van der Waals surface area contributed by atoms with Crippen molar-refractivity contribution in [3.63, 3.8) is 0 Å². The summed E-state index contributed by atoms with van der Waals surface area (Å²) in [5.74, 6) is -0.340. The third-order valence-electron chi connectivity index (χ3n) is 3.13. The Morgan fingerprint density at radius 2 is 1.72 bits per heavy atom. The molecular formula is C15H14BrFO. The van der Waals surface area contributed by atoms with Crippen molar-refractivity contribution in [3.8, 4) is 0 Å². The smallest absolute Gasteiger partial charge is 0.123 e. The van der Waals surface area contributed by atoms with E-state index in [2.05, 4.69) is 15.9 Å². The number of hydrogen-bond donors (Lipinski definition) is 1. The van der Waals surface area contributed by atoms with Gasteiger partial charge in [0.05, 0.1) is 0 Å². The maximum absolute atomic E-state index is 13.3. The van der Waals surface area contributed by atoms with E-state index >= 15 is 0 Å². The van der Waals surface area contributed by atoms with Gasteiger partial charge in [-0.2, -0.15) is 0 Å². The van der Waals surface area contributed by atoms with Crippen LogP contribution in [0.15, 0.2) is 46.9 Å². The fraction of sp³-hybridized carbons (Fsp3) is 0.200. The molecule has 0 aromatic heterocycles. The fourth-order valence-corrected chi connectivity index (χ4v) is 2.31. The van der Waals surface area contributed by atoms with Gasteiger partial charge in [0, 0.05) is 4.47 Å². The van der Waals surface area contributed by atoms with Crippen molar-refractivity contribution < 1.29 is 9.50 Å². The predicted molar refractivity (Wildman–Crippen MR) is 74.0 cm³/mol. The monoisotopic (exact) mass is 308 g/mol. The van der Waals surface area contributed by atoms with E-state index < -0.39 is 5.60 Å². The Morgan fingerprint density at radius 3 is 2.33 bits per heavy atom. The molecule has 2 aromatic carbocycles. The van der Waals surface area contributed by atoms with Crippen molar-refractivity contribution in [1.29, 1.82) is 0 Å². The zero-order valence-electron chi connectivity index (χ0n) is 10.2. The van der Waals surface area contributed by atoms with Gasteiger partial charge in [0.1, 0.15) is 11.4 Å². The Balaban J connectivity index is 2.53. The van der Waals surface area contributed by atoms with Gasteiger partial charge >= 0.3 is 0 Å². The third-order valence-corrected chi connectivity index (χ3v) is 3.66. The Hall–Kier alpha value is -1.19. The highest BCUT2D eigenvalue weighted by atomic mass is 79.9. The van der Waals surface area contributed by atoms with Crippen LogP contribution in [0.25, 0.3) is 0 Å². The molecule has 1 N–H and O–H groups in total. The molecular weight excluding hydrogens is 295 g/mol. The summed E-state index contributed by atoms with van der Waals surface area (Å²) in [6, 6.07) is 11.8. The molecule has 3 heteroatoms. The van der Waals surface area contributed by atoms with Crippen LogP contribution in [0.2, 0.25) is 0 Å². The molecule has 2 rings (SSSR count). The molecule has 1 nitrogen and oxygen atoms in total. The minimum atomic E-state index is -1.20. The highest BCUT2D eigenvalue weighted by Gasteiger charge is 2.27. The summed E-state index contributed by atoms with van der Waals surface area (Å²) < 4.78 is 14.3. The summed E-state index contributed by atoms with van der Waals surface area (Å²) in [6.45, 7) is 3.54. The second-order valence-electron chi connectivity index (χ2n) is 4.54. The first-order valence-electron chi connectivity index (χ1n) is 5.66. The summed E-state index contributed by atoms with van der Waals surface area (Å²) in [5.41, 5.74) is 0.987. The number of rotatable bonds is 2. The van der Waals surface area contributed by atoms with E-state index in [1.54, 1.807) is 13.0 Å². The normalized spacial score (nSPS) is 14.3. The van der Waals surface area contributed by atoms with Crippen LogP contribution < -0.4 is 0 Å². The van der Waals surface area contributed by atoms with E-state index in [0.717, 1.165) is 15.6 Å². The predicted octanol–water partition coefficient (Wildman–Crippen LogP) is 4.15. The van der Waals surface area contributed by atoms with Crippen LogP contribution in [0.3, 0.4) is 0 Å². The van der Waals surface area contributed by atoms with E-state index in [-0.39, 0.29) is 5.82 Å². The number of hydrogen-bond acceptors (Lipinski definition) is 1. The summed E-state index contributed by atoms with van der Waals surface area (Å²) in [6.07, 6.45) is 0. The Morgan fingerprint density at radius 1 is 1.11 bits per heavy atom. The first-order chi connectivity index (χ1) is 8.41. The molecule has 0 aliphatic carbocycles. The lowest BCUT2D eigenvalue weighted by Gasteiger charge is -2.26. The summed E-state index contributed by atoms with van der Waals surface area (Å²) >= 11 is 3.35. The van der Waals surface area contributed by atoms with Gasteiger partial charge in [0.25, 0.3) is 0 Å². The summed E-state index contributed by atoms with van der Waals surface area (Å²) in [7, 11) is 0. The van der Waals surface area contributed by atoms with E-state index in [1.165, 1.54) is 12.1 Å². The molecule has 0 heterocycles. The van der Waals surface area contributed by atoms with E-state index in [4.69, 9.17) is 0 Å². The number of aliphatic hydroxyl groups is 1. The van der Waals surface area contributed by atoms with E-state index in [1.807, 2.05) is 31.2 Å². The maximum atomic E-state index is 13.3. The van der Waals surface area contributed by atoms with Crippen molar-refractivity contribution in [3.05, 3.63) is 69.4 Å². The second-order valence-corrected chi connectivity index (χ2v) is 5.45. The standard InChI is InChI=1S/C15H14BrFO/c1-10-3-8-13(17)9-14(10)15(2,18)11-4-6-12(16)7-5-11/h3-9,18H,1-2H3. The minimum Gasteiger partial charge on any atom is -0.381 e. The molecule has 2 aromatic rings. The van der Waals surface area contributed by atoms with Gasteiger partial charge in [-0.05, 0) is 54.8 Å². The van der Waals surface area contributed by atoms with Gasteiger partial charge < -0.3 is 5.11 Å². The molecule has 0 amide bonds. The SMILES string of the molecule is Cc1ccc(F)cc1C(C)(O)c1ccc(Br)cc1. The average Bonchev–Trinajstić information content (AvgIpc) is 2.32. The Kier molecular flexibility index (Phi) is 3.55. The quantitative estimate of drug-likeness (QED) is 0.883. The van der Waals surface area contributed by atoms with Gasteiger partial charge in [-0.15, -0.1) is 0 Å². The topological polar surface area (TPSA) is 20.2 Å². The molecule has 0 aliphatic heterocycles. The van der Waals surface area contributed by atoms with Crippen molar-refractivity contribution >= 4 is 15.9 Å². The lowest BCUT2D eigenvalue weighted by Crippen LogP contribution is -2.24. The molecule has 0 aliphatic rings. The lowest BCUT2D eigenvalue weighted by atomic mass is 9.85. The van der Waals surface area contributed by atoms with Gasteiger partial charge in [0.2, 0.25) is 0 Å². The molecule has 0 spiro atoms. The van der Waals surface area contributed by atoms with Crippen molar-refractivity contribution in [2.24, 2.45) is 0 Å². The highest BCUT2D eigenvalue weighted by molar-refractivity contribution is 9.10. The largest absolute Gasteiger partial charge is 0.381 e. The molecule has 1 unspecified atom stereocenters. The molecule has 0 bridgehead atoms. The molecule has 0 saturated heterocycles. The molecule has 94 valence electrons. The van der Waals surface area contributed by atoms with Crippen molar-refractivity contribution in [2.45, 2.75) is 19.4 Å². The first kappa shape index (κ1) is 13.2. The van der Waals surface area contributed by atoms with Crippen LogP contribution in [0, 0.1) is 12.7 Å². The van der Waals surface area contributed by atoms with Gasteiger partial charge in [-0.25, -0.2) is 4.39 Å². The first-order valence-corrected chi connectivity index (χ1v) is 6.45.